The molecule has 7 heteroatoms. The lowest BCUT2D eigenvalue weighted by molar-refractivity contribution is -0.387. The van der Waals surface area contributed by atoms with Gasteiger partial charge in [-0.15, -0.1) is 0 Å². The summed E-state index contributed by atoms with van der Waals surface area (Å²) in [7, 11) is 0. The Morgan fingerprint density at radius 1 is 1.36 bits per heavy atom. The zero-order valence-electron chi connectivity index (χ0n) is 6.70. The van der Waals surface area contributed by atoms with Gasteiger partial charge in [0.1, 0.15) is 5.39 Å². The number of hydrogen-bond acceptors (Lipinski definition) is 3. The van der Waals surface area contributed by atoms with Gasteiger partial charge in [-0.1, -0.05) is 0 Å². The third kappa shape index (κ3) is 0.987. The first-order valence-corrected chi connectivity index (χ1v) is 3.64. The first-order valence-electron chi connectivity index (χ1n) is 3.64. The number of nitrogens with zero attached hydrogens (tertiary/aromatic N) is 1. The molecule has 0 amide bonds. The van der Waals surface area contributed by atoms with E-state index in [4.69, 9.17) is 0 Å². The van der Waals surface area contributed by atoms with E-state index in [0.717, 1.165) is 6.07 Å². The fourth-order valence-electron chi connectivity index (χ4n) is 1.22. The molecule has 0 bridgehead atoms. The van der Waals surface area contributed by atoms with E-state index in [2.05, 4.69) is 10.2 Å². The molecular weight excluding hydrogens is 193 g/mol. The summed E-state index contributed by atoms with van der Waals surface area (Å²) in [6.45, 7) is 0. The van der Waals surface area contributed by atoms with Gasteiger partial charge in [0.05, 0.1) is 10.4 Å². The molecule has 0 aliphatic heterocycles. The smallest absolute Gasteiger partial charge is 0.297 e. The van der Waals surface area contributed by atoms with Gasteiger partial charge >= 0.3 is 5.69 Å². The van der Waals surface area contributed by atoms with Crippen LogP contribution in [0.4, 0.5) is 10.1 Å². The van der Waals surface area contributed by atoms with E-state index < -0.39 is 22.0 Å². The van der Waals surface area contributed by atoms with Crippen molar-refractivity contribution in [3.63, 3.8) is 0 Å². The Kier molecular flexibility index (Phi) is 1.60. The molecule has 0 atom stereocenters. The summed E-state index contributed by atoms with van der Waals surface area (Å²) in [5.74, 6) is -1.12. The molecule has 0 saturated heterocycles. The number of aromatic nitrogens is 2. The number of nitrogens with one attached hydrogen (secondary N) is 2. The number of nitro benzene ring substituents is 1. The monoisotopic (exact) mass is 197 g/mol. The van der Waals surface area contributed by atoms with Crippen LogP contribution in [0.5, 0.6) is 0 Å². The molecule has 6 nitrogen and oxygen atoms in total. The predicted molar refractivity (Wildman–Crippen MR) is 45.5 cm³/mol. The van der Waals surface area contributed by atoms with E-state index in [1.54, 1.807) is 0 Å². The highest BCUT2D eigenvalue weighted by molar-refractivity contribution is 5.81. The Morgan fingerprint density at radius 2 is 2.07 bits per heavy atom. The van der Waals surface area contributed by atoms with Crippen molar-refractivity contribution in [3.8, 4) is 0 Å². The number of H-pyrrole nitrogens is 2. The maximum atomic E-state index is 13.3. The predicted octanol–water partition coefficient (Wildman–Crippen LogP) is 0.903. The molecular formula is C7H4FN3O3. The summed E-state index contributed by atoms with van der Waals surface area (Å²) in [6, 6.07) is 2.27. The van der Waals surface area contributed by atoms with Crippen LogP contribution in [0, 0.1) is 15.9 Å². The zero-order valence-corrected chi connectivity index (χ0v) is 6.70. The van der Waals surface area contributed by atoms with Crippen LogP contribution in [0.3, 0.4) is 0 Å². The number of nitro groups is 1. The van der Waals surface area contributed by atoms with Crippen LogP contribution in [0.15, 0.2) is 16.9 Å². The highest BCUT2D eigenvalue weighted by Crippen LogP contribution is 2.22. The van der Waals surface area contributed by atoms with Gasteiger partial charge in [-0.2, -0.15) is 4.39 Å². The molecule has 2 N–H and O–H groups in total. The van der Waals surface area contributed by atoms with Crippen LogP contribution in [0.25, 0.3) is 10.9 Å². The Balaban J connectivity index is 2.93. The van der Waals surface area contributed by atoms with Crippen molar-refractivity contribution in [2.45, 2.75) is 0 Å². The maximum Gasteiger partial charge on any atom is 0.305 e. The lowest BCUT2D eigenvalue weighted by Crippen LogP contribution is -2.01. The summed E-state index contributed by atoms with van der Waals surface area (Å²) in [5, 5.41) is 14.6. The number of benzene rings is 1. The van der Waals surface area contributed by atoms with E-state index in [1.165, 1.54) is 6.07 Å². The molecule has 14 heavy (non-hydrogen) atoms. The summed E-state index contributed by atoms with van der Waals surface area (Å²) in [4.78, 5) is 20.5. The molecule has 1 heterocycles. The second-order valence-corrected chi connectivity index (χ2v) is 2.66. The van der Waals surface area contributed by atoms with Crippen molar-refractivity contribution >= 4 is 16.6 Å². The Morgan fingerprint density at radius 3 is 2.71 bits per heavy atom. The molecule has 1 aromatic heterocycles. The largest absolute Gasteiger partial charge is 0.305 e. The summed E-state index contributed by atoms with van der Waals surface area (Å²) in [5.41, 5.74) is -1.21. The van der Waals surface area contributed by atoms with Crippen molar-refractivity contribution < 1.29 is 9.31 Å². The van der Waals surface area contributed by atoms with Gasteiger partial charge in [-0.05, 0) is 6.07 Å². The molecule has 0 spiro atoms. The van der Waals surface area contributed by atoms with Crippen molar-refractivity contribution in [2.75, 3.05) is 0 Å². The fraction of sp³-hybridized carbons (Fsp3) is 0. The molecule has 1 aromatic carbocycles. The minimum Gasteiger partial charge on any atom is -0.297 e. The van der Waals surface area contributed by atoms with E-state index in [-0.39, 0.29) is 10.9 Å². The SMILES string of the molecule is O=c1[nH][nH]c2ccc([N+](=O)[O-])c(F)c12. The van der Waals surface area contributed by atoms with Gasteiger partial charge in [0, 0.05) is 6.07 Å². The number of rotatable bonds is 1. The molecule has 0 fully saturated rings. The van der Waals surface area contributed by atoms with E-state index in [1.807, 2.05) is 0 Å². The normalized spacial score (nSPS) is 10.6. The zero-order chi connectivity index (χ0) is 10.3. The van der Waals surface area contributed by atoms with E-state index >= 15 is 0 Å². The van der Waals surface area contributed by atoms with Crippen molar-refractivity contribution in [1.29, 1.82) is 0 Å². The van der Waals surface area contributed by atoms with E-state index in [9.17, 15) is 19.3 Å². The van der Waals surface area contributed by atoms with Crippen LogP contribution < -0.4 is 5.56 Å². The summed E-state index contributed by atoms with van der Waals surface area (Å²) in [6.07, 6.45) is 0. The average molecular weight is 197 g/mol. The Bertz CT molecular complexity index is 571. The van der Waals surface area contributed by atoms with E-state index in [0.29, 0.717) is 0 Å². The molecule has 0 saturated carbocycles. The number of fused-ring (bicyclic) bond motifs is 1. The summed E-state index contributed by atoms with van der Waals surface area (Å²) >= 11 is 0. The molecule has 2 rings (SSSR count). The quantitative estimate of drug-likeness (QED) is 0.525. The molecule has 72 valence electrons. The average Bonchev–Trinajstić information content (AvgIpc) is 2.48. The van der Waals surface area contributed by atoms with Gasteiger partial charge in [0.15, 0.2) is 0 Å². The van der Waals surface area contributed by atoms with Gasteiger partial charge in [0.2, 0.25) is 5.82 Å². The number of halogens is 1. The molecule has 0 aliphatic carbocycles. The molecule has 0 unspecified atom stereocenters. The minimum atomic E-state index is -1.12. The van der Waals surface area contributed by atoms with Crippen LogP contribution in [-0.2, 0) is 0 Å². The second kappa shape index (κ2) is 2.66. The highest BCUT2D eigenvalue weighted by Gasteiger charge is 2.19. The van der Waals surface area contributed by atoms with Gasteiger partial charge in [-0.3, -0.25) is 25.1 Å². The lowest BCUT2D eigenvalue weighted by Gasteiger charge is -1.93. The van der Waals surface area contributed by atoms with Crippen LogP contribution in [0.1, 0.15) is 0 Å². The first kappa shape index (κ1) is 8.42. The molecule has 0 radical (unpaired) electrons. The Hall–Kier alpha value is -2.18. The lowest BCUT2D eigenvalue weighted by atomic mass is 10.2. The minimum absolute atomic E-state index is 0.207. The third-order valence-corrected chi connectivity index (χ3v) is 1.86. The second-order valence-electron chi connectivity index (χ2n) is 2.66. The number of aromatic amines is 2. The van der Waals surface area contributed by atoms with Crippen LogP contribution in [-0.4, -0.2) is 15.1 Å². The number of hydrogen-bond donors (Lipinski definition) is 2. The van der Waals surface area contributed by atoms with Gasteiger partial charge in [-0.25, -0.2) is 0 Å². The Labute approximate surface area is 75.5 Å². The van der Waals surface area contributed by atoms with Crippen LogP contribution >= 0.6 is 0 Å². The van der Waals surface area contributed by atoms with Gasteiger partial charge < -0.3 is 0 Å². The maximum absolute atomic E-state index is 13.3. The highest BCUT2D eigenvalue weighted by atomic mass is 19.1. The fourth-order valence-corrected chi connectivity index (χ4v) is 1.22. The van der Waals surface area contributed by atoms with Crippen LogP contribution in [0.2, 0.25) is 0 Å². The first-order chi connectivity index (χ1) is 6.61. The molecule has 0 aliphatic rings. The third-order valence-electron chi connectivity index (χ3n) is 1.86. The van der Waals surface area contributed by atoms with Crippen molar-refractivity contribution in [3.05, 3.63) is 38.4 Å². The summed E-state index contributed by atoms with van der Waals surface area (Å²) < 4.78 is 13.3. The van der Waals surface area contributed by atoms with Crippen molar-refractivity contribution in [1.82, 2.24) is 10.2 Å². The van der Waals surface area contributed by atoms with Crippen molar-refractivity contribution in [2.24, 2.45) is 0 Å². The topological polar surface area (TPSA) is 91.8 Å². The van der Waals surface area contributed by atoms with Gasteiger partial charge in [0.25, 0.3) is 5.56 Å². The standard InChI is InChI=1S/C7H4FN3O3/c8-6-4(11(13)14)2-1-3-5(6)7(12)10-9-3/h1-2H,(H2,9,10,12). The molecule has 2 aromatic rings.